The van der Waals surface area contributed by atoms with E-state index in [9.17, 15) is 13.2 Å². The number of carbonyl (C=O) groups is 1. The standard InChI is InChI=1S/C20H29N5O3S/c1-14-6-7-18(15(2)12-14)29(27,28)25-10-8-24(9-11-25)13-19(26)21-20-16(3)22-23(5)17(20)4/h6-7,12H,8-11,13H2,1-5H3,(H,21,26). The van der Waals surface area contributed by atoms with Crippen LogP contribution in [0.1, 0.15) is 22.5 Å². The van der Waals surface area contributed by atoms with Crippen molar-refractivity contribution in [3.63, 3.8) is 0 Å². The molecule has 9 heteroatoms. The summed E-state index contributed by atoms with van der Waals surface area (Å²) >= 11 is 0. The molecule has 29 heavy (non-hydrogen) atoms. The summed E-state index contributed by atoms with van der Waals surface area (Å²) in [5.74, 6) is -0.116. The van der Waals surface area contributed by atoms with E-state index in [1.165, 1.54) is 4.31 Å². The van der Waals surface area contributed by atoms with Gasteiger partial charge in [0.05, 0.1) is 28.5 Å². The summed E-state index contributed by atoms with van der Waals surface area (Å²) in [6, 6.07) is 5.39. The Labute approximate surface area is 172 Å². The maximum atomic E-state index is 13.0. The van der Waals surface area contributed by atoms with Crippen LogP contribution >= 0.6 is 0 Å². The molecular weight excluding hydrogens is 390 g/mol. The minimum absolute atomic E-state index is 0.116. The third-order valence-corrected chi connectivity index (χ3v) is 7.48. The zero-order valence-corrected chi connectivity index (χ0v) is 18.5. The highest BCUT2D eigenvalue weighted by molar-refractivity contribution is 7.89. The number of carbonyl (C=O) groups excluding carboxylic acids is 1. The highest BCUT2D eigenvalue weighted by atomic mass is 32.2. The summed E-state index contributed by atoms with van der Waals surface area (Å²) in [5.41, 5.74) is 4.22. The van der Waals surface area contributed by atoms with Crippen molar-refractivity contribution in [2.45, 2.75) is 32.6 Å². The largest absolute Gasteiger partial charge is 0.322 e. The lowest BCUT2D eigenvalue weighted by Gasteiger charge is -2.33. The van der Waals surface area contributed by atoms with Crippen LogP contribution < -0.4 is 5.32 Å². The van der Waals surface area contributed by atoms with E-state index in [0.717, 1.165) is 28.2 Å². The van der Waals surface area contributed by atoms with Crippen molar-refractivity contribution in [2.75, 3.05) is 38.0 Å². The molecule has 0 saturated carbocycles. The zero-order valence-electron chi connectivity index (χ0n) is 17.7. The van der Waals surface area contributed by atoms with Crippen molar-refractivity contribution in [3.05, 3.63) is 40.7 Å². The van der Waals surface area contributed by atoms with E-state index in [2.05, 4.69) is 10.4 Å². The van der Waals surface area contributed by atoms with Crippen LogP contribution in [0.4, 0.5) is 5.69 Å². The van der Waals surface area contributed by atoms with E-state index >= 15 is 0 Å². The summed E-state index contributed by atoms with van der Waals surface area (Å²) in [4.78, 5) is 14.8. The second-order valence-electron chi connectivity index (χ2n) is 7.67. The van der Waals surface area contributed by atoms with Crippen LogP contribution in [0.5, 0.6) is 0 Å². The molecule has 1 N–H and O–H groups in total. The second kappa shape index (κ2) is 8.25. The third-order valence-electron chi connectivity index (χ3n) is 5.42. The molecule has 0 radical (unpaired) electrons. The van der Waals surface area contributed by atoms with Gasteiger partial charge >= 0.3 is 0 Å². The molecule has 1 aromatic heterocycles. The lowest BCUT2D eigenvalue weighted by molar-refractivity contribution is -0.117. The molecule has 0 spiro atoms. The van der Waals surface area contributed by atoms with Crippen LogP contribution in [0, 0.1) is 27.7 Å². The number of aromatic nitrogens is 2. The summed E-state index contributed by atoms with van der Waals surface area (Å²) in [6.45, 7) is 9.54. The van der Waals surface area contributed by atoms with Gasteiger partial charge in [-0.05, 0) is 39.3 Å². The van der Waals surface area contributed by atoms with Crippen molar-refractivity contribution in [1.82, 2.24) is 19.0 Å². The topological polar surface area (TPSA) is 87.5 Å². The van der Waals surface area contributed by atoms with Crippen molar-refractivity contribution in [1.29, 1.82) is 0 Å². The molecule has 1 aliphatic heterocycles. The van der Waals surface area contributed by atoms with E-state index in [1.807, 2.05) is 51.8 Å². The molecule has 1 fully saturated rings. The Morgan fingerprint density at radius 2 is 1.76 bits per heavy atom. The number of nitrogens with one attached hydrogen (secondary N) is 1. The summed E-state index contributed by atoms with van der Waals surface area (Å²) < 4.78 is 29.2. The molecule has 1 amide bonds. The summed E-state index contributed by atoms with van der Waals surface area (Å²) in [5, 5.41) is 7.23. The molecule has 3 rings (SSSR count). The number of aryl methyl sites for hydroxylation is 4. The number of benzene rings is 1. The fraction of sp³-hybridized carbons (Fsp3) is 0.500. The molecule has 0 bridgehead atoms. The molecule has 1 aromatic carbocycles. The fourth-order valence-electron chi connectivity index (χ4n) is 3.69. The van der Waals surface area contributed by atoms with Gasteiger partial charge in [0.1, 0.15) is 0 Å². The average molecular weight is 420 g/mol. The van der Waals surface area contributed by atoms with E-state index in [4.69, 9.17) is 0 Å². The molecule has 0 unspecified atom stereocenters. The fourth-order valence-corrected chi connectivity index (χ4v) is 5.32. The number of piperazine rings is 1. The van der Waals surface area contributed by atoms with Crippen LogP contribution in [-0.2, 0) is 21.9 Å². The highest BCUT2D eigenvalue weighted by Crippen LogP contribution is 2.22. The number of hydrogen-bond acceptors (Lipinski definition) is 5. The van der Waals surface area contributed by atoms with E-state index in [-0.39, 0.29) is 12.5 Å². The van der Waals surface area contributed by atoms with E-state index in [1.54, 1.807) is 10.7 Å². The Morgan fingerprint density at radius 1 is 1.10 bits per heavy atom. The normalized spacial score (nSPS) is 16.2. The van der Waals surface area contributed by atoms with Gasteiger partial charge < -0.3 is 5.32 Å². The quantitative estimate of drug-likeness (QED) is 0.795. The van der Waals surface area contributed by atoms with Crippen LogP contribution in [0.25, 0.3) is 0 Å². The van der Waals surface area contributed by atoms with Crippen molar-refractivity contribution >= 4 is 21.6 Å². The first-order chi connectivity index (χ1) is 13.6. The number of anilines is 1. The Morgan fingerprint density at radius 3 is 2.31 bits per heavy atom. The van der Waals surface area contributed by atoms with Gasteiger partial charge in [-0.15, -0.1) is 0 Å². The molecule has 1 aliphatic rings. The van der Waals surface area contributed by atoms with Gasteiger partial charge in [-0.3, -0.25) is 14.4 Å². The van der Waals surface area contributed by atoms with Gasteiger partial charge in [0.15, 0.2) is 0 Å². The second-order valence-corrected chi connectivity index (χ2v) is 9.57. The first-order valence-electron chi connectivity index (χ1n) is 9.69. The number of rotatable bonds is 5. The summed E-state index contributed by atoms with van der Waals surface area (Å²) in [7, 11) is -1.68. The maximum Gasteiger partial charge on any atom is 0.243 e. The van der Waals surface area contributed by atoms with Gasteiger partial charge in [0.2, 0.25) is 15.9 Å². The van der Waals surface area contributed by atoms with Crippen LogP contribution in [0.3, 0.4) is 0 Å². The van der Waals surface area contributed by atoms with Crippen LogP contribution in [-0.4, -0.2) is 66.0 Å². The van der Waals surface area contributed by atoms with Crippen LogP contribution in [0.2, 0.25) is 0 Å². The molecule has 158 valence electrons. The molecule has 2 aromatic rings. The predicted molar refractivity (Wildman–Crippen MR) is 112 cm³/mol. The highest BCUT2D eigenvalue weighted by Gasteiger charge is 2.30. The molecule has 0 aliphatic carbocycles. The number of nitrogens with zero attached hydrogens (tertiary/aromatic N) is 4. The zero-order chi connectivity index (χ0) is 21.3. The summed E-state index contributed by atoms with van der Waals surface area (Å²) in [6.07, 6.45) is 0. The molecule has 0 atom stereocenters. The van der Waals surface area contributed by atoms with Crippen molar-refractivity contribution in [2.24, 2.45) is 7.05 Å². The van der Waals surface area contributed by atoms with Crippen molar-refractivity contribution < 1.29 is 13.2 Å². The Balaban J connectivity index is 1.59. The Hall–Kier alpha value is -2.23. The lowest BCUT2D eigenvalue weighted by Crippen LogP contribution is -2.50. The van der Waals surface area contributed by atoms with Crippen molar-refractivity contribution in [3.8, 4) is 0 Å². The minimum Gasteiger partial charge on any atom is -0.322 e. The smallest absolute Gasteiger partial charge is 0.243 e. The van der Waals surface area contributed by atoms with Gasteiger partial charge in [-0.25, -0.2) is 8.42 Å². The maximum absolute atomic E-state index is 13.0. The first-order valence-corrected chi connectivity index (χ1v) is 11.1. The van der Waals surface area contributed by atoms with E-state index < -0.39 is 10.0 Å². The van der Waals surface area contributed by atoms with Gasteiger partial charge in [0.25, 0.3) is 0 Å². The molecule has 1 saturated heterocycles. The average Bonchev–Trinajstić information content (AvgIpc) is 2.88. The molecule has 8 nitrogen and oxygen atoms in total. The molecular formula is C20H29N5O3S. The van der Waals surface area contributed by atoms with Crippen LogP contribution in [0.15, 0.2) is 23.1 Å². The Bertz CT molecular complexity index is 1020. The third kappa shape index (κ3) is 4.52. The lowest BCUT2D eigenvalue weighted by atomic mass is 10.2. The monoisotopic (exact) mass is 419 g/mol. The Kier molecular flexibility index (Phi) is 6.11. The predicted octanol–water partition coefficient (Wildman–Crippen LogP) is 1.60. The van der Waals surface area contributed by atoms with Gasteiger partial charge in [-0.2, -0.15) is 9.40 Å². The van der Waals surface area contributed by atoms with Gasteiger partial charge in [0, 0.05) is 33.2 Å². The number of sulfonamides is 1. The first kappa shape index (κ1) is 21.5. The minimum atomic E-state index is -3.52. The number of amides is 1. The molecule has 2 heterocycles. The number of hydrogen-bond donors (Lipinski definition) is 1. The SMILES string of the molecule is Cc1ccc(S(=O)(=O)N2CCN(CC(=O)Nc3c(C)nn(C)c3C)CC2)c(C)c1. The van der Waals surface area contributed by atoms with Gasteiger partial charge in [-0.1, -0.05) is 17.7 Å². The van der Waals surface area contributed by atoms with E-state index in [0.29, 0.717) is 31.1 Å².